The van der Waals surface area contributed by atoms with Gasteiger partial charge in [0.1, 0.15) is 11.8 Å². The van der Waals surface area contributed by atoms with Crippen LogP contribution in [-0.2, 0) is 11.3 Å². The van der Waals surface area contributed by atoms with Gasteiger partial charge in [0.25, 0.3) is 5.91 Å². The highest BCUT2D eigenvalue weighted by Crippen LogP contribution is 2.30. The van der Waals surface area contributed by atoms with E-state index in [2.05, 4.69) is 20.4 Å². The number of hydrogen-bond donors (Lipinski definition) is 1. The van der Waals surface area contributed by atoms with Gasteiger partial charge in [-0.25, -0.2) is 14.8 Å². The fourth-order valence-corrected chi connectivity index (χ4v) is 3.67. The molecule has 0 fully saturated rings. The maximum Gasteiger partial charge on any atom is 0.431 e. The Hall–Kier alpha value is -4.47. The average molecular weight is 490 g/mol. The zero-order valence-electron chi connectivity index (χ0n) is 20.3. The smallest absolute Gasteiger partial charge is 0.431 e. The topological polar surface area (TPSA) is 115 Å². The first-order valence-corrected chi connectivity index (χ1v) is 11.6. The lowest BCUT2D eigenvalue weighted by Gasteiger charge is -2.29. The number of cyclic esters (lactones) is 1. The molecule has 1 aliphatic rings. The summed E-state index contributed by atoms with van der Waals surface area (Å²) in [5.41, 5.74) is 2.80. The summed E-state index contributed by atoms with van der Waals surface area (Å²) in [7, 11) is 1.58. The Bertz CT molecular complexity index is 1250. The highest BCUT2D eigenvalue weighted by atomic mass is 16.6. The molecule has 1 unspecified atom stereocenters. The first kappa shape index (κ1) is 24.6. The summed E-state index contributed by atoms with van der Waals surface area (Å²) in [6.07, 6.45) is 2.58. The molecular formula is C26H27N5O5. The number of anilines is 1. The molecule has 2 heterocycles. The van der Waals surface area contributed by atoms with E-state index in [1.54, 1.807) is 37.4 Å². The van der Waals surface area contributed by atoms with Crippen molar-refractivity contribution < 1.29 is 23.8 Å². The zero-order chi connectivity index (χ0) is 25.5. The SMILES string of the molecule is CCOc1cc(C2=NN(Cc3ccc(NC(=O)c4ncccn4)cc3)C(=O)OC2CC)ccc1OC. The van der Waals surface area contributed by atoms with Gasteiger partial charge in [-0.05, 0) is 55.3 Å². The van der Waals surface area contributed by atoms with E-state index in [0.29, 0.717) is 35.9 Å². The Morgan fingerprint density at radius 1 is 1.08 bits per heavy atom. The number of rotatable bonds is 9. The minimum absolute atomic E-state index is 0.0796. The fourth-order valence-electron chi connectivity index (χ4n) is 3.67. The second kappa shape index (κ2) is 11.3. The lowest BCUT2D eigenvalue weighted by molar-refractivity contribution is 0.0712. The predicted octanol–water partition coefficient (Wildman–Crippen LogP) is 4.27. The number of nitrogens with one attached hydrogen (secondary N) is 1. The molecule has 10 heteroatoms. The molecule has 3 aromatic rings. The highest BCUT2D eigenvalue weighted by molar-refractivity contribution is 6.06. The summed E-state index contributed by atoms with van der Waals surface area (Å²) in [6.45, 7) is 4.51. The number of amides is 2. The van der Waals surface area contributed by atoms with Gasteiger partial charge in [0, 0.05) is 23.6 Å². The normalized spacial score (nSPS) is 15.1. The molecule has 36 heavy (non-hydrogen) atoms. The van der Waals surface area contributed by atoms with Crippen molar-refractivity contribution in [3.63, 3.8) is 0 Å². The zero-order valence-corrected chi connectivity index (χ0v) is 20.3. The van der Waals surface area contributed by atoms with Crippen LogP contribution in [0, 0.1) is 0 Å². The molecule has 2 amide bonds. The van der Waals surface area contributed by atoms with E-state index in [1.165, 1.54) is 17.4 Å². The van der Waals surface area contributed by atoms with E-state index < -0.39 is 18.1 Å². The minimum Gasteiger partial charge on any atom is -0.493 e. The second-order valence-electron chi connectivity index (χ2n) is 7.85. The quantitative estimate of drug-likeness (QED) is 0.477. The maximum atomic E-state index is 12.7. The van der Waals surface area contributed by atoms with Crippen LogP contribution in [0.4, 0.5) is 10.5 Å². The molecule has 0 radical (unpaired) electrons. The number of carbonyl (C=O) groups is 2. The predicted molar refractivity (Wildman–Crippen MR) is 133 cm³/mol. The Morgan fingerprint density at radius 2 is 1.83 bits per heavy atom. The van der Waals surface area contributed by atoms with Gasteiger partial charge in [0.05, 0.1) is 20.3 Å². The molecule has 186 valence electrons. The summed E-state index contributed by atoms with van der Waals surface area (Å²) in [5, 5.41) is 8.68. The molecule has 1 aromatic heterocycles. The third-order valence-corrected chi connectivity index (χ3v) is 5.43. The van der Waals surface area contributed by atoms with Crippen LogP contribution in [0.1, 0.15) is 42.0 Å². The molecule has 1 aliphatic heterocycles. The second-order valence-corrected chi connectivity index (χ2v) is 7.85. The number of ether oxygens (including phenoxy) is 3. The maximum absolute atomic E-state index is 12.7. The fraction of sp³-hybridized carbons (Fsp3) is 0.269. The van der Waals surface area contributed by atoms with Crippen molar-refractivity contribution in [1.29, 1.82) is 0 Å². The number of aromatic nitrogens is 2. The summed E-state index contributed by atoms with van der Waals surface area (Å²) >= 11 is 0. The summed E-state index contributed by atoms with van der Waals surface area (Å²) in [4.78, 5) is 32.8. The van der Waals surface area contributed by atoms with Crippen molar-refractivity contribution in [2.75, 3.05) is 19.0 Å². The molecule has 0 spiro atoms. The summed E-state index contributed by atoms with van der Waals surface area (Å²) < 4.78 is 16.8. The van der Waals surface area contributed by atoms with E-state index in [-0.39, 0.29) is 12.4 Å². The number of hydrazone groups is 1. The Kier molecular flexibility index (Phi) is 7.74. The van der Waals surface area contributed by atoms with Gasteiger partial charge in [-0.15, -0.1) is 0 Å². The standard InChI is InChI=1S/C26H27N5O5/c1-4-20-23(18-9-12-21(34-3)22(15-18)35-5-2)30-31(26(33)36-20)16-17-7-10-19(11-8-17)29-25(32)24-27-13-6-14-28-24/h6-15,20H,4-5,16H2,1-3H3,(H,29,32). The number of hydrogen-bond acceptors (Lipinski definition) is 8. The number of nitrogens with zero attached hydrogens (tertiary/aromatic N) is 4. The third kappa shape index (κ3) is 5.60. The summed E-state index contributed by atoms with van der Waals surface area (Å²) in [6, 6.07) is 14.2. The van der Waals surface area contributed by atoms with Crippen molar-refractivity contribution >= 4 is 23.4 Å². The van der Waals surface area contributed by atoms with E-state index in [0.717, 1.165) is 11.1 Å². The number of benzene rings is 2. The Morgan fingerprint density at radius 3 is 2.50 bits per heavy atom. The van der Waals surface area contributed by atoms with Crippen molar-refractivity contribution in [3.05, 3.63) is 77.9 Å². The van der Waals surface area contributed by atoms with Crippen molar-refractivity contribution in [3.8, 4) is 11.5 Å². The van der Waals surface area contributed by atoms with Gasteiger partial charge in [0.2, 0.25) is 5.82 Å². The van der Waals surface area contributed by atoms with Crippen molar-refractivity contribution in [2.45, 2.75) is 32.9 Å². The largest absolute Gasteiger partial charge is 0.493 e. The molecule has 0 aliphatic carbocycles. The number of methoxy groups -OCH3 is 1. The van der Waals surface area contributed by atoms with Crippen LogP contribution in [-0.4, -0.2) is 52.5 Å². The van der Waals surface area contributed by atoms with Gasteiger partial charge >= 0.3 is 6.09 Å². The molecule has 0 saturated heterocycles. The van der Waals surface area contributed by atoms with Gasteiger partial charge in [-0.2, -0.15) is 10.1 Å². The first-order valence-electron chi connectivity index (χ1n) is 11.6. The van der Waals surface area contributed by atoms with Gasteiger partial charge in [-0.1, -0.05) is 19.1 Å². The average Bonchev–Trinajstić information content (AvgIpc) is 2.91. The van der Waals surface area contributed by atoms with E-state index in [1.807, 2.05) is 32.0 Å². The molecule has 1 atom stereocenters. The van der Waals surface area contributed by atoms with Crippen LogP contribution < -0.4 is 14.8 Å². The van der Waals surface area contributed by atoms with Gasteiger partial charge < -0.3 is 19.5 Å². The van der Waals surface area contributed by atoms with E-state index >= 15 is 0 Å². The summed E-state index contributed by atoms with van der Waals surface area (Å²) in [5.74, 6) is 0.881. The van der Waals surface area contributed by atoms with Crippen LogP contribution >= 0.6 is 0 Å². The molecular weight excluding hydrogens is 462 g/mol. The van der Waals surface area contributed by atoms with Crippen molar-refractivity contribution in [1.82, 2.24) is 15.0 Å². The van der Waals surface area contributed by atoms with Crippen molar-refractivity contribution in [2.24, 2.45) is 5.10 Å². The lowest BCUT2D eigenvalue weighted by atomic mass is 10.0. The van der Waals surface area contributed by atoms with Gasteiger partial charge in [-0.3, -0.25) is 4.79 Å². The first-order chi connectivity index (χ1) is 17.5. The number of carbonyl (C=O) groups excluding carboxylic acids is 2. The van der Waals surface area contributed by atoms with Crippen LogP contribution in [0.25, 0.3) is 0 Å². The molecule has 0 bridgehead atoms. The van der Waals surface area contributed by atoms with Gasteiger partial charge in [0.15, 0.2) is 11.5 Å². The highest BCUT2D eigenvalue weighted by Gasteiger charge is 2.31. The molecule has 10 nitrogen and oxygen atoms in total. The van der Waals surface area contributed by atoms with Crippen LogP contribution in [0.3, 0.4) is 0 Å². The Labute approximate surface area is 208 Å². The molecule has 0 saturated carbocycles. The van der Waals surface area contributed by atoms with Crippen LogP contribution in [0.2, 0.25) is 0 Å². The Balaban J connectivity index is 1.52. The lowest BCUT2D eigenvalue weighted by Crippen LogP contribution is -2.41. The molecule has 1 N–H and O–H groups in total. The van der Waals surface area contributed by atoms with E-state index in [4.69, 9.17) is 14.2 Å². The molecule has 4 rings (SSSR count). The van der Waals surface area contributed by atoms with Crippen LogP contribution in [0.15, 0.2) is 66.0 Å². The van der Waals surface area contributed by atoms with Crippen LogP contribution in [0.5, 0.6) is 11.5 Å². The third-order valence-electron chi connectivity index (χ3n) is 5.43. The van der Waals surface area contributed by atoms with E-state index in [9.17, 15) is 9.59 Å². The minimum atomic E-state index is -0.525. The monoisotopic (exact) mass is 489 g/mol. The molecule has 2 aromatic carbocycles.